The summed E-state index contributed by atoms with van der Waals surface area (Å²) in [6, 6.07) is 11.6. The molecular formula is C25H19F3N6. The average Bonchev–Trinajstić information content (AvgIpc) is 3.59. The first kappa shape index (κ1) is 20.5. The number of rotatable bonds is 4. The lowest BCUT2D eigenvalue weighted by molar-refractivity contribution is 0.560. The SMILES string of the molecule is Fc1ccc(F)c(C2CCCN2c2ccn3ncc(-n4cc(-c5ccccc5F)cn4)c3n2)c1. The summed E-state index contributed by atoms with van der Waals surface area (Å²) in [5.41, 5.74) is 2.59. The highest BCUT2D eigenvalue weighted by molar-refractivity contribution is 5.66. The van der Waals surface area contributed by atoms with E-state index >= 15 is 0 Å². The summed E-state index contributed by atoms with van der Waals surface area (Å²) in [6.45, 7) is 0.673. The number of hydrogen-bond donors (Lipinski definition) is 0. The molecule has 1 saturated heterocycles. The predicted octanol–water partition coefficient (Wildman–Crippen LogP) is 5.34. The lowest BCUT2D eigenvalue weighted by Crippen LogP contribution is -2.24. The molecule has 0 amide bonds. The maximum Gasteiger partial charge on any atom is 0.183 e. The molecule has 1 unspecified atom stereocenters. The van der Waals surface area contributed by atoms with E-state index < -0.39 is 11.6 Å². The van der Waals surface area contributed by atoms with Crippen LogP contribution in [0.2, 0.25) is 0 Å². The van der Waals surface area contributed by atoms with Crippen molar-refractivity contribution in [3.8, 4) is 16.8 Å². The molecule has 0 N–H and O–H groups in total. The van der Waals surface area contributed by atoms with E-state index in [4.69, 9.17) is 4.98 Å². The van der Waals surface area contributed by atoms with Crippen LogP contribution in [-0.2, 0) is 0 Å². The van der Waals surface area contributed by atoms with E-state index in [0.29, 0.717) is 46.8 Å². The van der Waals surface area contributed by atoms with Crippen molar-refractivity contribution < 1.29 is 13.2 Å². The summed E-state index contributed by atoms with van der Waals surface area (Å²) in [7, 11) is 0. The quantitative estimate of drug-likeness (QED) is 0.363. The lowest BCUT2D eigenvalue weighted by Gasteiger charge is -2.26. The minimum absolute atomic E-state index is 0.311. The van der Waals surface area contributed by atoms with Gasteiger partial charge in [0.15, 0.2) is 5.65 Å². The van der Waals surface area contributed by atoms with Crippen LogP contribution >= 0.6 is 0 Å². The van der Waals surface area contributed by atoms with Crippen LogP contribution in [0.3, 0.4) is 0 Å². The molecule has 0 bridgehead atoms. The zero-order valence-electron chi connectivity index (χ0n) is 17.9. The molecule has 34 heavy (non-hydrogen) atoms. The van der Waals surface area contributed by atoms with E-state index in [-0.39, 0.29) is 11.9 Å². The fraction of sp³-hybridized carbons (Fsp3) is 0.160. The summed E-state index contributed by atoms with van der Waals surface area (Å²) in [4.78, 5) is 6.78. The van der Waals surface area contributed by atoms with Crippen LogP contribution in [0.5, 0.6) is 0 Å². The Kier molecular flexibility index (Phi) is 4.83. The van der Waals surface area contributed by atoms with E-state index in [1.807, 2.05) is 11.0 Å². The van der Waals surface area contributed by atoms with E-state index in [1.165, 1.54) is 12.1 Å². The summed E-state index contributed by atoms with van der Waals surface area (Å²) in [6.07, 6.45) is 8.27. The minimum atomic E-state index is -0.464. The maximum absolute atomic E-state index is 14.5. The first-order valence-electron chi connectivity index (χ1n) is 10.9. The molecule has 1 fully saturated rings. The van der Waals surface area contributed by atoms with Crippen LogP contribution in [0.1, 0.15) is 24.4 Å². The Morgan fingerprint density at radius 3 is 2.68 bits per heavy atom. The van der Waals surface area contributed by atoms with Gasteiger partial charge in [0, 0.05) is 35.6 Å². The van der Waals surface area contributed by atoms with Gasteiger partial charge in [-0.25, -0.2) is 27.4 Å². The smallest absolute Gasteiger partial charge is 0.183 e. The van der Waals surface area contributed by atoms with Gasteiger partial charge in [-0.1, -0.05) is 18.2 Å². The third-order valence-corrected chi connectivity index (χ3v) is 6.21. The number of benzene rings is 2. The second-order valence-electron chi connectivity index (χ2n) is 8.25. The molecular weight excluding hydrogens is 441 g/mol. The molecule has 0 radical (unpaired) electrons. The normalized spacial score (nSPS) is 16.0. The largest absolute Gasteiger partial charge is 0.349 e. The van der Waals surface area contributed by atoms with Crippen molar-refractivity contribution >= 4 is 11.5 Å². The first-order chi connectivity index (χ1) is 16.6. The number of halogens is 3. The van der Waals surface area contributed by atoms with E-state index in [1.54, 1.807) is 52.2 Å². The van der Waals surface area contributed by atoms with Gasteiger partial charge in [0.2, 0.25) is 0 Å². The van der Waals surface area contributed by atoms with Crippen molar-refractivity contribution in [1.29, 1.82) is 0 Å². The van der Waals surface area contributed by atoms with Gasteiger partial charge in [0.05, 0.1) is 18.4 Å². The van der Waals surface area contributed by atoms with Gasteiger partial charge in [0.1, 0.15) is 29.0 Å². The Balaban J connectivity index is 1.38. The lowest BCUT2D eigenvalue weighted by atomic mass is 10.0. The molecule has 1 aliphatic rings. The number of anilines is 1. The molecule has 6 nitrogen and oxygen atoms in total. The fourth-order valence-corrected chi connectivity index (χ4v) is 4.59. The van der Waals surface area contributed by atoms with Crippen molar-refractivity contribution in [2.45, 2.75) is 18.9 Å². The van der Waals surface area contributed by atoms with Crippen molar-refractivity contribution in [3.05, 3.63) is 96.3 Å². The number of fused-ring (bicyclic) bond motifs is 1. The molecule has 3 aromatic heterocycles. The molecule has 1 aliphatic heterocycles. The fourth-order valence-electron chi connectivity index (χ4n) is 4.59. The standard InChI is InChI=1S/C25H19F3N6/c26-17-7-8-21(28)19(12-17)22-6-3-10-32(22)24-9-11-33-25(31-24)23(14-30-33)34-15-16(13-29-34)18-4-1-2-5-20(18)27/h1-2,4-5,7-9,11-15,22H,3,6,10H2. The van der Waals surface area contributed by atoms with Crippen LogP contribution in [0.4, 0.5) is 19.0 Å². The van der Waals surface area contributed by atoms with Gasteiger partial charge < -0.3 is 4.90 Å². The van der Waals surface area contributed by atoms with Gasteiger partial charge >= 0.3 is 0 Å². The van der Waals surface area contributed by atoms with Crippen LogP contribution < -0.4 is 4.90 Å². The van der Waals surface area contributed by atoms with Gasteiger partial charge in [-0.15, -0.1) is 0 Å². The molecule has 4 heterocycles. The second-order valence-corrected chi connectivity index (χ2v) is 8.25. The summed E-state index contributed by atoms with van der Waals surface area (Å²) in [5.74, 6) is -0.579. The molecule has 2 aromatic carbocycles. The predicted molar refractivity (Wildman–Crippen MR) is 121 cm³/mol. The number of aromatic nitrogens is 5. The zero-order valence-corrected chi connectivity index (χ0v) is 17.9. The van der Waals surface area contributed by atoms with Crippen LogP contribution in [0.15, 0.2) is 73.3 Å². The Hall–Kier alpha value is -4.14. The Morgan fingerprint density at radius 2 is 1.79 bits per heavy atom. The summed E-state index contributed by atoms with van der Waals surface area (Å²) < 4.78 is 45.8. The van der Waals surface area contributed by atoms with Crippen LogP contribution in [0.25, 0.3) is 22.5 Å². The van der Waals surface area contributed by atoms with E-state index in [9.17, 15) is 13.2 Å². The highest BCUT2D eigenvalue weighted by Crippen LogP contribution is 2.37. The number of hydrogen-bond acceptors (Lipinski definition) is 4. The van der Waals surface area contributed by atoms with Crippen molar-refractivity contribution in [2.24, 2.45) is 0 Å². The molecule has 0 saturated carbocycles. The number of nitrogens with zero attached hydrogens (tertiary/aromatic N) is 6. The Labute approximate surface area is 192 Å². The minimum Gasteiger partial charge on any atom is -0.349 e. The highest BCUT2D eigenvalue weighted by atomic mass is 19.1. The van der Waals surface area contributed by atoms with Crippen LogP contribution in [0, 0.1) is 17.5 Å². The molecule has 9 heteroatoms. The highest BCUT2D eigenvalue weighted by Gasteiger charge is 2.30. The van der Waals surface area contributed by atoms with E-state index in [0.717, 1.165) is 18.6 Å². The maximum atomic E-state index is 14.5. The van der Waals surface area contributed by atoms with Crippen molar-refractivity contribution in [2.75, 3.05) is 11.4 Å². The van der Waals surface area contributed by atoms with Crippen molar-refractivity contribution in [1.82, 2.24) is 24.4 Å². The van der Waals surface area contributed by atoms with Gasteiger partial charge in [-0.05, 0) is 43.2 Å². The Bertz CT molecular complexity index is 1510. The average molecular weight is 460 g/mol. The van der Waals surface area contributed by atoms with Crippen molar-refractivity contribution in [3.63, 3.8) is 0 Å². The van der Waals surface area contributed by atoms with E-state index in [2.05, 4.69) is 10.2 Å². The topological polar surface area (TPSA) is 51.2 Å². The third-order valence-electron chi connectivity index (χ3n) is 6.21. The van der Waals surface area contributed by atoms with Gasteiger partial charge in [0.25, 0.3) is 0 Å². The molecule has 0 spiro atoms. The molecule has 170 valence electrons. The first-order valence-corrected chi connectivity index (χ1v) is 10.9. The Morgan fingerprint density at radius 1 is 0.912 bits per heavy atom. The second kappa shape index (κ2) is 8.02. The molecule has 5 aromatic rings. The molecule has 1 atom stereocenters. The molecule has 0 aliphatic carbocycles. The molecule has 6 rings (SSSR count). The van der Waals surface area contributed by atoms with Gasteiger partial charge in [-0.2, -0.15) is 10.2 Å². The van der Waals surface area contributed by atoms with Crippen LogP contribution in [-0.4, -0.2) is 30.9 Å². The summed E-state index contributed by atoms with van der Waals surface area (Å²) >= 11 is 0. The zero-order chi connectivity index (χ0) is 23.2. The monoisotopic (exact) mass is 460 g/mol. The third kappa shape index (κ3) is 3.40. The summed E-state index contributed by atoms with van der Waals surface area (Å²) in [5, 5.41) is 8.75. The van der Waals surface area contributed by atoms with Gasteiger partial charge in [-0.3, -0.25) is 0 Å².